The maximum atomic E-state index is 2.53. The smallest absolute Gasteiger partial charge is 0.0714 e. The molecule has 0 bridgehead atoms. The first-order valence-corrected chi connectivity index (χ1v) is 24.8. The topological polar surface area (TPSA) is 3.24 Å². The maximum absolute atomic E-state index is 2.53. The molecule has 1 nitrogen and oxygen atoms in total. The van der Waals surface area contributed by atoms with Crippen molar-refractivity contribution < 1.29 is 0 Å². The molecule has 0 fully saturated rings. The molecule has 340 valence electrons. The molecule has 1 unspecified atom stereocenters. The number of rotatable bonds is 7. The molecule has 9 aromatic rings. The molecule has 11 rings (SSSR count). The highest BCUT2D eigenvalue weighted by Crippen LogP contribution is 2.61. The molecule has 0 aromatic heterocycles. The molecule has 0 heterocycles. The average Bonchev–Trinajstić information content (AvgIpc) is 3.83. The third kappa shape index (κ3) is 6.95. The van der Waals surface area contributed by atoms with Gasteiger partial charge in [-0.2, -0.15) is 0 Å². The summed E-state index contributed by atoms with van der Waals surface area (Å²) in [6.07, 6.45) is 0. The summed E-state index contributed by atoms with van der Waals surface area (Å²) >= 11 is 0. The highest BCUT2D eigenvalue weighted by molar-refractivity contribution is 5.98. The Morgan fingerprint density at radius 3 is 1.19 bits per heavy atom. The monoisotopic (exact) mass is 893 g/mol. The predicted octanol–water partition coefficient (Wildman–Crippen LogP) is 17.8. The van der Waals surface area contributed by atoms with Gasteiger partial charge >= 0.3 is 0 Å². The lowest BCUT2D eigenvalue weighted by molar-refractivity contribution is 0.588. The van der Waals surface area contributed by atoms with Crippen molar-refractivity contribution >= 4 is 17.1 Å². The Morgan fingerprint density at radius 1 is 0.290 bits per heavy atom. The van der Waals surface area contributed by atoms with Crippen molar-refractivity contribution in [3.63, 3.8) is 0 Å². The second kappa shape index (κ2) is 16.2. The van der Waals surface area contributed by atoms with Gasteiger partial charge in [0.2, 0.25) is 0 Å². The van der Waals surface area contributed by atoms with Crippen LogP contribution in [0.5, 0.6) is 0 Å². The second-order valence-corrected chi connectivity index (χ2v) is 22.5. The maximum Gasteiger partial charge on any atom is 0.0714 e. The predicted molar refractivity (Wildman–Crippen MR) is 292 cm³/mol. The molecule has 0 N–H and O–H groups in total. The third-order valence-corrected chi connectivity index (χ3v) is 15.3. The minimum absolute atomic E-state index is 0.0252. The van der Waals surface area contributed by atoms with Crippen molar-refractivity contribution in [1.29, 1.82) is 0 Å². The van der Waals surface area contributed by atoms with E-state index < -0.39 is 10.8 Å². The van der Waals surface area contributed by atoms with E-state index in [0.29, 0.717) is 0 Å². The first-order valence-electron chi connectivity index (χ1n) is 24.8. The normalized spacial score (nSPS) is 15.8. The van der Waals surface area contributed by atoms with Crippen molar-refractivity contribution in [2.24, 2.45) is 0 Å². The molecule has 69 heavy (non-hydrogen) atoms. The van der Waals surface area contributed by atoms with E-state index >= 15 is 0 Å². The van der Waals surface area contributed by atoms with E-state index in [4.69, 9.17) is 0 Å². The Morgan fingerprint density at radius 2 is 0.681 bits per heavy atom. The molecular weight excluding hydrogens is 831 g/mol. The number of fused-ring (bicyclic) bond motifs is 6. The third-order valence-electron chi connectivity index (χ3n) is 15.3. The van der Waals surface area contributed by atoms with Crippen LogP contribution in [0.4, 0.5) is 17.1 Å². The molecule has 9 aromatic carbocycles. The summed E-state index contributed by atoms with van der Waals surface area (Å²) in [5.74, 6) is 0. The van der Waals surface area contributed by atoms with Gasteiger partial charge < -0.3 is 4.90 Å². The fourth-order valence-electron chi connectivity index (χ4n) is 11.8. The number of benzene rings is 9. The molecule has 0 saturated carbocycles. The number of hydrogen-bond acceptors (Lipinski definition) is 1. The van der Waals surface area contributed by atoms with Crippen LogP contribution in [0, 0.1) is 0 Å². The van der Waals surface area contributed by atoms with E-state index in [1.54, 1.807) is 0 Å². The van der Waals surface area contributed by atoms with Crippen LogP contribution in [-0.4, -0.2) is 0 Å². The van der Waals surface area contributed by atoms with Crippen molar-refractivity contribution in [2.75, 3.05) is 4.90 Å². The number of nitrogens with zero attached hydrogens (tertiary/aromatic N) is 1. The van der Waals surface area contributed by atoms with Crippen molar-refractivity contribution in [2.45, 2.75) is 89.4 Å². The van der Waals surface area contributed by atoms with Crippen LogP contribution in [0.25, 0.3) is 22.3 Å². The minimum atomic E-state index is -0.579. The Kier molecular flexibility index (Phi) is 10.4. The standard InChI is InChI=1S/C68H63N/c1-64(2,3)46-31-37-50(38-32-46)67(49-21-12-10-13-22-49)59-28-19-17-26-57(59)63-60(67)29-20-30-62(63)69(53-23-14-11-15-24-53)54-43-44-56-55-25-16-18-27-58(55)68(61(56)45-54,51-39-33-47(34-40-51)65(4,5)6)52-41-35-48(36-42-52)66(7,8)9/h10-45H,1-9H3. The Balaban J connectivity index is 1.19. The highest BCUT2D eigenvalue weighted by Gasteiger charge is 2.49. The fraction of sp³-hybridized carbons (Fsp3) is 0.206. The number of para-hydroxylation sites is 1. The van der Waals surface area contributed by atoms with Crippen LogP contribution in [0.3, 0.4) is 0 Å². The summed E-state index contributed by atoms with van der Waals surface area (Å²) < 4.78 is 0. The molecule has 2 aliphatic rings. The van der Waals surface area contributed by atoms with Gasteiger partial charge in [-0.3, -0.25) is 0 Å². The molecule has 1 atom stereocenters. The highest BCUT2D eigenvalue weighted by atomic mass is 15.1. The van der Waals surface area contributed by atoms with Gasteiger partial charge in [0.1, 0.15) is 0 Å². The second-order valence-electron chi connectivity index (χ2n) is 22.5. The van der Waals surface area contributed by atoms with E-state index in [9.17, 15) is 0 Å². The van der Waals surface area contributed by atoms with E-state index in [-0.39, 0.29) is 16.2 Å². The molecular formula is C68H63N. The summed E-state index contributed by atoms with van der Waals surface area (Å²) in [6, 6.07) is 83.3. The first-order chi connectivity index (χ1) is 33.1. The fourth-order valence-corrected chi connectivity index (χ4v) is 11.8. The van der Waals surface area contributed by atoms with Crippen LogP contribution in [0.1, 0.15) is 124 Å². The zero-order valence-corrected chi connectivity index (χ0v) is 41.7. The van der Waals surface area contributed by atoms with E-state index in [1.165, 1.54) is 83.5 Å². The van der Waals surface area contributed by atoms with Gasteiger partial charge in [-0.15, -0.1) is 0 Å². The molecule has 0 saturated heterocycles. The summed E-state index contributed by atoms with van der Waals surface area (Å²) in [4.78, 5) is 2.53. The van der Waals surface area contributed by atoms with Crippen LogP contribution >= 0.6 is 0 Å². The molecule has 0 radical (unpaired) electrons. The van der Waals surface area contributed by atoms with Gasteiger partial charge in [0, 0.05) is 16.9 Å². The van der Waals surface area contributed by atoms with Crippen LogP contribution in [0.15, 0.2) is 218 Å². The SMILES string of the molecule is CC(C)(C)c1ccc(C2(c3ccc(C(C)(C)C)cc3)c3ccccc3-c3ccc(N(c4ccccc4)c4cccc5c4-c4ccccc4C5(c4ccccc4)c4ccc(C(C)(C)C)cc4)cc32)cc1. The average molecular weight is 894 g/mol. The van der Waals surface area contributed by atoms with E-state index in [1.807, 2.05) is 0 Å². The quantitative estimate of drug-likeness (QED) is 0.154. The lowest BCUT2D eigenvalue weighted by Gasteiger charge is -2.36. The first kappa shape index (κ1) is 44.3. The lowest BCUT2D eigenvalue weighted by atomic mass is 9.67. The van der Waals surface area contributed by atoms with Crippen LogP contribution in [0.2, 0.25) is 0 Å². The van der Waals surface area contributed by atoms with Crippen molar-refractivity contribution in [3.8, 4) is 22.3 Å². The number of anilines is 3. The van der Waals surface area contributed by atoms with Gasteiger partial charge in [0.15, 0.2) is 0 Å². The van der Waals surface area contributed by atoms with Gasteiger partial charge in [0.05, 0.1) is 16.5 Å². The molecule has 0 aliphatic heterocycles. The Bertz CT molecular complexity index is 3280. The summed E-state index contributed by atoms with van der Waals surface area (Å²) in [6.45, 7) is 20.7. The van der Waals surface area contributed by atoms with Gasteiger partial charge in [-0.25, -0.2) is 0 Å². The summed E-state index contributed by atoms with van der Waals surface area (Å²) in [5.41, 5.74) is 21.7. The summed E-state index contributed by atoms with van der Waals surface area (Å²) in [5, 5.41) is 0. The van der Waals surface area contributed by atoms with Crippen molar-refractivity contribution in [1.82, 2.24) is 0 Å². The largest absolute Gasteiger partial charge is 0.310 e. The van der Waals surface area contributed by atoms with Gasteiger partial charge in [-0.1, -0.05) is 250 Å². The van der Waals surface area contributed by atoms with E-state index in [2.05, 4.69) is 286 Å². The van der Waals surface area contributed by atoms with Crippen LogP contribution < -0.4 is 4.90 Å². The lowest BCUT2D eigenvalue weighted by Crippen LogP contribution is -2.29. The molecule has 0 amide bonds. The molecule has 2 aliphatic carbocycles. The Labute approximate surface area is 411 Å². The number of hydrogen-bond donors (Lipinski definition) is 0. The molecule has 1 heteroatoms. The zero-order chi connectivity index (χ0) is 47.9. The van der Waals surface area contributed by atoms with E-state index in [0.717, 1.165) is 17.1 Å². The molecule has 0 spiro atoms. The van der Waals surface area contributed by atoms with Gasteiger partial charge in [0.25, 0.3) is 0 Å². The summed E-state index contributed by atoms with van der Waals surface area (Å²) in [7, 11) is 0. The zero-order valence-electron chi connectivity index (χ0n) is 41.7. The Hall–Kier alpha value is -7.22. The van der Waals surface area contributed by atoms with Crippen molar-refractivity contribution in [3.05, 3.63) is 280 Å². The minimum Gasteiger partial charge on any atom is -0.310 e. The van der Waals surface area contributed by atoms with Crippen LogP contribution in [-0.2, 0) is 27.1 Å². The van der Waals surface area contributed by atoms with Gasteiger partial charge in [-0.05, 0) is 124 Å².